The average Bonchev–Trinajstić information content (AvgIpc) is 2.34. The molecule has 0 aliphatic carbocycles. The molecule has 0 fully saturated rings. The van der Waals surface area contributed by atoms with Crippen molar-refractivity contribution in [3.05, 3.63) is 52.1 Å². The number of carboxylic acids is 1. The second-order valence-corrected chi connectivity index (χ2v) is 5.60. The molecule has 0 bridgehead atoms. The van der Waals surface area contributed by atoms with Crippen LogP contribution in [0, 0.1) is 6.92 Å². The first-order chi connectivity index (χ1) is 8.56. The van der Waals surface area contributed by atoms with Gasteiger partial charge in [-0.3, -0.25) is 0 Å². The number of hydrogen-bond donors (Lipinski definition) is 1. The van der Waals surface area contributed by atoms with Crippen molar-refractivity contribution in [2.45, 2.75) is 16.8 Å². The second kappa shape index (κ2) is 5.54. The molecule has 1 aromatic heterocycles. The minimum Gasteiger partial charge on any atom is -0.478 e. The van der Waals surface area contributed by atoms with Crippen LogP contribution in [0.3, 0.4) is 0 Å². The third kappa shape index (κ3) is 3.11. The normalized spacial score (nSPS) is 10.3. The van der Waals surface area contributed by atoms with Gasteiger partial charge in [-0.2, -0.15) is 0 Å². The summed E-state index contributed by atoms with van der Waals surface area (Å²) >= 11 is 4.91. The Kier molecular flexibility index (Phi) is 4.04. The minimum absolute atomic E-state index is 0.291. The fraction of sp³-hybridized carbons (Fsp3) is 0.0769. The molecule has 2 rings (SSSR count). The van der Waals surface area contributed by atoms with Gasteiger partial charge >= 0.3 is 5.97 Å². The topological polar surface area (TPSA) is 50.2 Å². The van der Waals surface area contributed by atoms with Crippen LogP contribution in [0.4, 0.5) is 0 Å². The number of pyridine rings is 1. The summed E-state index contributed by atoms with van der Waals surface area (Å²) in [6.07, 6.45) is 0. The maximum Gasteiger partial charge on any atom is 0.335 e. The number of rotatable bonds is 3. The zero-order valence-electron chi connectivity index (χ0n) is 9.55. The van der Waals surface area contributed by atoms with E-state index < -0.39 is 5.97 Å². The Morgan fingerprint density at radius 1 is 1.22 bits per heavy atom. The summed E-state index contributed by atoms with van der Waals surface area (Å²) in [6, 6.07) is 10.6. The highest BCUT2D eigenvalue weighted by atomic mass is 79.9. The quantitative estimate of drug-likeness (QED) is 0.927. The molecule has 1 N–H and O–H groups in total. The molecular formula is C13H10BrNO2S. The van der Waals surface area contributed by atoms with E-state index in [0.717, 1.165) is 20.1 Å². The van der Waals surface area contributed by atoms with Crippen molar-refractivity contribution in [3.8, 4) is 0 Å². The number of nitrogens with zero attached hydrogens (tertiary/aromatic N) is 1. The van der Waals surface area contributed by atoms with E-state index in [1.54, 1.807) is 24.3 Å². The highest BCUT2D eigenvalue weighted by molar-refractivity contribution is 9.10. The molecule has 0 saturated heterocycles. The van der Waals surface area contributed by atoms with Gasteiger partial charge in [-0.05, 0) is 59.3 Å². The lowest BCUT2D eigenvalue weighted by atomic mass is 10.2. The van der Waals surface area contributed by atoms with Gasteiger partial charge in [0.15, 0.2) is 0 Å². The molecule has 18 heavy (non-hydrogen) atoms. The van der Waals surface area contributed by atoms with E-state index in [2.05, 4.69) is 20.9 Å². The summed E-state index contributed by atoms with van der Waals surface area (Å²) in [7, 11) is 0. The third-order valence-electron chi connectivity index (χ3n) is 2.32. The van der Waals surface area contributed by atoms with Crippen LogP contribution < -0.4 is 0 Å². The summed E-state index contributed by atoms with van der Waals surface area (Å²) < 4.78 is 0.980. The van der Waals surface area contributed by atoms with Crippen molar-refractivity contribution in [3.63, 3.8) is 0 Å². The van der Waals surface area contributed by atoms with Crippen LogP contribution in [0.25, 0.3) is 0 Å². The van der Waals surface area contributed by atoms with Crippen molar-refractivity contribution in [2.24, 2.45) is 0 Å². The van der Waals surface area contributed by atoms with Gasteiger partial charge in [-0.25, -0.2) is 9.78 Å². The smallest absolute Gasteiger partial charge is 0.335 e. The Balaban J connectivity index is 2.18. The van der Waals surface area contributed by atoms with Gasteiger partial charge in [0.1, 0.15) is 5.03 Å². The number of carboxylic acid groups (broad SMARTS) is 1. The van der Waals surface area contributed by atoms with E-state index in [0.29, 0.717) is 5.56 Å². The first-order valence-corrected chi connectivity index (χ1v) is 6.81. The van der Waals surface area contributed by atoms with Crippen LogP contribution >= 0.6 is 27.7 Å². The molecule has 0 aliphatic heterocycles. The van der Waals surface area contributed by atoms with Gasteiger partial charge in [-0.1, -0.05) is 11.8 Å². The first kappa shape index (κ1) is 13.1. The van der Waals surface area contributed by atoms with Crippen LogP contribution in [-0.2, 0) is 0 Å². The second-order valence-electron chi connectivity index (χ2n) is 3.65. The maximum absolute atomic E-state index is 10.7. The highest BCUT2D eigenvalue weighted by Gasteiger charge is 2.04. The van der Waals surface area contributed by atoms with Gasteiger partial charge in [0.2, 0.25) is 0 Å². The Morgan fingerprint density at radius 3 is 2.44 bits per heavy atom. The van der Waals surface area contributed by atoms with Gasteiger partial charge in [0.05, 0.1) is 11.3 Å². The summed E-state index contributed by atoms with van der Waals surface area (Å²) in [5, 5.41) is 9.70. The molecule has 0 unspecified atom stereocenters. The highest BCUT2D eigenvalue weighted by Crippen LogP contribution is 2.28. The van der Waals surface area contributed by atoms with E-state index in [1.807, 2.05) is 19.1 Å². The molecule has 0 amide bonds. The number of benzene rings is 1. The van der Waals surface area contributed by atoms with Crippen molar-refractivity contribution >= 4 is 33.7 Å². The van der Waals surface area contributed by atoms with Crippen molar-refractivity contribution in [1.29, 1.82) is 0 Å². The van der Waals surface area contributed by atoms with Crippen LogP contribution in [0.2, 0.25) is 0 Å². The standard InChI is InChI=1S/C13H10BrNO2S/c1-8-11(14)6-7-12(15-8)18-10-4-2-9(3-5-10)13(16)17/h2-7H,1H3,(H,16,17). The number of hydrogen-bond acceptors (Lipinski definition) is 3. The lowest BCUT2D eigenvalue weighted by Gasteiger charge is -2.03. The summed E-state index contributed by atoms with van der Waals surface area (Å²) in [6.45, 7) is 1.93. The molecule has 0 aliphatic rings. The van der Waals surface area contributed by atoms with E-state index in [-0.39, 0.29) is 0 Å². The summed E-state index contributed by atoms with van der Waals surface area (Å²) in [4.78, 5) is 16.1. The molecule has 92 valence electrons. The van der Waals surface area contributed by atoms with Crippen LogP contribution in [0.1, 0.15) is 16.1 Å². The first-order valence-electron chi connectivity index (χ1n) is 5.20. The van der Waals surface area contributed by atoms with Gasteiger partial charge < -0.3 is 5.11 Å². The van der Waals surface area contributed by atoms with Crippen molar-refractivity contribution in [1.82, 2.24) is 4.98 Å². The monoisotopic (exact) mass is 323 g/mol. The van der Waals surface area contributed by atoms with Crippen molar-refractivity contribution in [2.75, 3.05) is 0 Å². The number of carbonyl (C=O) groups is 1. The Bertz CT molecular complexity index is 584. The van der Waals surface area contributed by atoms with Gasteiger partial charge in [0.25, 0.3) is 0 Å². The molecule has 2 aromatic rings. The zero-order chi connectivity index (χ0) is 13.1. The molecule has 1 heterocycles. The lowest BCUT2D eigenvalue weighted by molar-refractivity contribution is 0.0697. The third-order valence-corrected chi connectivity index (χ3v) is 4.10. The Labute approximate surface area is 117 Å². The summed E-state index contributed by atoms with van der Waals surface area (Å²) in [5.74, 6) is -0.913. The maximum atomic E-state index is 10.7. The predicted molar refractivity (Wildman–Crippen MR) is 74.2 cm³/mol. The Hall–Kier alpha value is -1.33. The van der Waals surface area contributed by atoms with Crippen LogP contribution in [0.15, 0.2) is 50.8 Å². The average molecular weight is 324 g/mol. The SMILES string of the molecule is Cc1nc(Sc2ccc(C(=O)O)cc2)ccc1Br. The molecule has 0 spiro atoms. The molecular weight excluding hydrogens is 314 g/mol. The zero-order valence-corrected chi connectivity index (χ0v) is 12.0. The van der Waals surface area contributed by atoms with E-state index in [4.69, 9.17) is 5.11 Å². The van der Waals surface area contributed by atoms with Gasteiger partial charge in [-0.15, -0.1) is 0 Å². The molecule has 3 nitrogen and oxygen atoms in total. The molecule has 0 saturated carbocycles. The minimum atomic E-state index is -0.913. The van der Waals surface area contributed by atoms with Gasteiger partial charge in [0, 0.05) is 9.37 Å². The van der Waals surface area contributed by atoms with E-state index in [9.17, 15) is 4.79 Å². The number of aromatic nitrogens is 1. The molecule has 1 aromatic carbocycles. The van der Waals surface area contributed by atoms with E-state index in [1.165, 1.54) is 11.8 Å². The number of aryl methyl sites for hydroxylation is 1. The molecule has 0 radical (unpaired) electrons. The fourth-order valence-electron chi connectivity index (χ4n) is 1.36. The number of halogens is 1. The molecule has 5 heteroatoms. The number of aromatic carboxylic acids is 1. The van der Waals surface area contributed by atoms with Crippen LogP contribution in [-0.4, -0.2) is 16.1 Å². The summed E-state index contributed by atoms with van der Waals surface area (Å²) in [5.41, 5.74) is 1.22. The van der Waals surface area contributed by atoms with Crippen molar-refractivity contribution < 1.29 is 9.90 Å². The fourth-order valence-corrected chi connectivity index (χ4v) is 2.42. The largest absolute Gasteiger partial charge is 0.478 e. The lowest BCUT2D eigenvalue weighted by Crippen LogP contribution is -1.94. The Morgan fingerprint density at radius 2 is 1.89 bits per heavy atom. The molecule has 0 atom stereocenters. The van der Waals surface area contributed by atoms with Crippen LogP contribution in [0.5, 0.6) is 0 Å². The predicted octanol–water partition coefficient (Wildman–Crippen LogP) is 4.00. The van der Waals surface area contributed by atoms with E-state index >= 15 is 0 Å².